The molecule has 0 unspecified atom stereocenters. The fourth-order valence-electron chi connectivity index (χ4n) is 2.60. The summed E-state index contributed by atoms with van der Waals surface area (Å²) in [6, 6.07) is 9.04. The minimum Gasteiger partial charge on any atom is -0.379 e. The van der Waals surface area contributed by atoms with Gasteiger partial charge in [-0.15, -0.1) is 11.3 Å². The van der Waals surface area contributed by atoms with E-state index in [9.17, 15) is 4.79 Å². The van der Waals surface area contributed by atoms with Crippen LogP contribution in [0.3, 0.4) is 0 Å². The molecule has 0 radical (unpaired) electrons. The Labute approximate surface area is 152 Å². The summed E-state index contributed by atoms with van der Waals surface area (Å²) >= 11 is 7.80. The zero-order valence-electron chi connectivity index (χ0n) is 13.3. The Morgan fingerprint density at radius 3 is 2.96 bits per heavy atom. The molecule has 0 bridgehead atoms. The third-order valence-corrected chi connectivity index (χ3v) is 5.05. The van der Waals surface area contributed by atoms with Gasteiger partial charge in [0.2, 0.25) is 0 Å². The second-order valence-corrected chi connectivity index (χ2v) is 6.79. The topological polar surface area (TPSA) is 64.2 Å². The number of benzene rings is 1. The third kappa shape index (κ3) is 3.04. The van der Waals surface area contributed by atoms with Gasteiger partial charge in [-0.2, -0.15) is 5.10 Å². The summed E-state index contributed by atoms with van der Waals surface area (Å²) in [5.74, 6) is 0. The summed E-state index contributed by atoms with van der Waals surface area (Å²) < 4.78 is 3.32. The van der Waals surface area contributed by atoms with Crippen LogP contribution in [0.15, 0.2) is 52.9 Å². The van der Waals surface area contributed by atoms with Crippen molar-refractivity contribution in [3.05, 3.63) is 74.9 Å². The molecule has 4 rings (SSSR count). The van der Waals surface area contributed by atoms with E-state index in [2.05, 4.69) is 15.4 Å². The molecule has 25 heavy (non-hydrogen) atoms. The first-order chi connectivity index (χ1) is 12.1. The Balaban J connectivity index is 1.55. The maximum atomic E-state index is 12.2. The highest BCUT2D eigenvalue weighted by molar-refractivity contribution is 7.15. The molecule has 0 saturated heterocycles. The van der Waals surface area contributed by atoms with Crippen molar-refractivity contribution in [1.82, 2.24) is 19.2 Å². The number of hydrogen-bond acceptors (Lipinski definition) is 5. The number of anilines is 1. The van der Waals surface area contributed by atoms with Gasteiger partial charge in [-0.3, -0.25) is 9.20 Å². The Morgan fingerprint density at radius 1 is 1.32 bits per heavy atom. The average Bonchev–Trinajstić information content (AvgIpc) is 3.23. The van der Waals surface area contributed by atoms with E-state index in [1.807, 2.05) is 42.8 Å². The van der Waals surface area contributed by atoms with E-state index >= 15 is 0 Å². The van der Waals surface area contributed by atoms with Crippen molar-refractivity contribution in [3.63, 3.8) is 0 Å². The molecule has 3 heterocycles. The smallest absolute Gasteiger partial charge is 0.259 e. The van der Waals surface area contributed by atoms with Crippen LogP contribution in [0.2, 0.25) is 5.02 Å². The standard InChI is InChI=1S/C17H14ClN5OS/c1-11-10-25-17-21-13(8-16(24)23(11)17)9-19-12-3-4-15(14(18)7-12)22-6-2-5-20-22/h2-8,10,19H,9H2,1H3. The molecule has 6 nitrogen and oxygen atoms in total. The van der Waals surface area contributed by atoms with Gasteiger partial charge in [0, 0.05) is 35.2 Å². The largest absolute Gasteiger partial charge is 0.379 e. The van der Waals surface area contributed by atoms with E-state index < -0.39 is 0 Å². The average molecular weight is 372 g/mol. The van der Waals surface area contributed by atoms with E-state index in [-0.39, 0.29) is 5.56 Å². The SMILES string of the molecule is Cc1csc2nc(CNc3ccc(-n4cccn4)c(Cl)c3)cc(=O)n12. The number of halogens is 1. The summed E-state index contributed by atoms with van der Waals surface area (Å²) in [6.07, 6.45) is 3.54. The van der Waals surface area contributed by atoms with E-state index in [0.29, 0.717) is 22.2 Å². The van der Waals surface area contributed by atoms with Gasteiger partial charge in [-0.05, 0) is 31.2 Å². The van der Waals surface area contributed by atoms with Gasteiger partial charge in [0.25, 0.3) is 5.56 Å². The molecule has 0 saturated carbocycles. The highest BCUT2D eigenvalue weighted by Gasteiger charge is 2.08. The van der Waals surface area contributed by atoms with Gasteiger partial charge >= 0.3 is 0 Å². The molecule has 0 fully saturated rings. The van der Waals surface area contributed by atoms with Crippen LogP contribution in [-0.2, 0) is 6.54 Å². The number of thiazole rings is 1. The Bertz CT molecular complexity index is 1100. The molecule has 1 N–H and O–H groups in total. The zero-order valence-corrected chi connectivity index (χ0v) is 14.9. The number of rotatable bonds is 4. The first-order valence-corrected chi connectivity index (χ1v) is 8.88. The second kappa shape index (κ2) is 6.34. The van der Waals surface area contributed by atoms with Gasteiger partial charge in [0.15, 0.2) is 4.96 Å². The third-order valence-electron chi connectivity index (χ3n) is 3.80. The van der Waals surface area contributed by atoms with Crippen molar-refractivity contribution in [3.8, 4) is 5.69 Å². The normalized spacial score (nSPS) is 11.1. The molecular formula is C17H14ClN5OS. The number of hydrogen-bond donors (Lipinski definition) is 1. The van der Waals surface area contributed by atoms with Crippen LogP contribution in [-0.4, -0.2) is 19.2 Å². The van der Waals surface area contributed by atoms with Crippen LogP contribution in [0, 0.1) is 6.92 Å². The van der Waals surface area contributed by atoms with Gasteiger partial charge in [0.05, 0.1) is 22.9 Å². The lowest BCUT2D eigenvalue weighted by Gasteiger charge is -2.09. The number of aryl methyl sites for hydroxylation is 1. The number of aromatic nitrogens is 4. The van der Waals surface area contributed by atoms with Gasteiger partial charge in [-0.25, -0.2) is 9.67 Å². The molecule has 3 aromatic heterocycles. The lowest BCUT2D eigenvalue weighted by atomic mass is 10.2. The van der Waals surface area contributed by atoms with Crippen LogP contribution >= 0.6 is 22.9 Å². The molecule has 0 amide bonds. The first-order valence-electron chi connectivity index (χ1n) is 7.62. The van der Waals surface area contributed by atoms with Crippen molar-refractivity contribution >= 4 is 33.6 Å². The Hall–Kier alpha value is -2.64. The summed E-state index contributed by atoms with van der Waals surface area (Å²) in [5, 5.41) is 9.94. The van der Waals surface area contributed by atoms with E-state index in [1.165, 1.54) is 11.3 Å². The van der Waals surface area contributed by atoms with Crippen molar-refractivity contribution in [2.45, 2.75) is 13.5 Å². The Kier molecular flexibility index (Phi) is 4.03. The molecule has 0 spiro atoms. The molecule has 1 aromatic carbocycles. The second-order valence-electron chi connectivity index (χ2n) is 5.55. The maximum absolute atomic E-state index is 12.2. The highest BCUT2D eigenvalue weighted by atomic mass is 35.5. The summed E-state index contributed by atoms with van der Waals surface area (Å²) in [7, 11) is 0. The first kappa shape index (κ1) is 15.9. The number of fused-ring (bicyclic) bond motifs is 1. The molecule has 126 valence electrons. The van der Waals surface area contributed by atoms with Gasteiger partial charge in [0.1, 0.15) is 0 Å². The number of nitrogens with zero attached hydrogens (tertiary/aromatic N) is 4. The molecule has 4 aromatic rings. The van der Waals surface area contributed by atoms with Crippen LogP contribution in [0.25, 0.3) is 10.6 Å². The molecule has 0 atom stereocenters. The monoisotopic (exact) mass is 371 g/mol. The lowest BCUT2D eigenvalue weighted by Crippen LogP contribution is -2.16. The van der Waals surface area contributed by atoms with E-state index in [1.54, 1.807) is 21.3 Å². The van der Waals surface area contributed by atoms with Gasteiger partial charge in [-0.1, -0.05) is 11.6 Å². The quantitative estimate of drug-likeness (QED) is 0.596. The molecule has 8 heteroatoms. The van der Waals surface area contributed by atoms with Crippen LogP contribution in [0.5, 0.6) is 0 Å². The van der Waals surface area contributed by atoms with E-state index in [0.717, 1.165) is 17.1 Å². The van der Waals surface area contributed by atoms with Crippen molar-refractivity contribution in [2.75, 3.05) is 5.32 Å². The number of nitrogens with one attached hydrogen (secondary N) is 1. The summed E-state index contributed by atoms with van der Waals surface area (Å²) in [4.78, 5) is 17.4. The van der Waals surface area contributed by atoms with Gasteiger partial charge < -0.3 is 5.32 Å². The molecular weight excluding hydrogens is 358 g/mol. The fraction of sp³-hybridized carbons (Fsp3) is 0.118. The predicted molar refractivity (Wildman–Crippen MR) is 100.0 cm³/mol. The van der Waals surface area contributed by atoms with Crippen LogP contribution < -0.4 is 10.9 Å². The van der Waals surface area contributed by atoms with Crippen LogP contribution in [0.1, 0.15) is 11.4 Å². The van der Waals surface area contributed by atoms with Crippen molar-refractivity contribution in [2.24, 2.45) is 0 Å². The molecule has 0 aliphatic rings. The zero-order chi connectivity index (χ0) is 17.4. The molecule has 0 aliphatic carbocycles. The van der Waals surface area contributed by atoms with Crippen molar-refractivity contribution in [1.29, 1.82) is 0 Å². The maximum Gasteiger partial charge on any atom is 0.259 e. The predicted octanol–water partition coefficient (Wildman–Crippen LogP) is 3.52. The highest BCUT2D eigenvalue weighted by Crippen LogP contribution is 2.24. The summed E-state index contributed by atoms with van der Waals surface area (Å²) in [6.45, 7) is 2.34. The van der Waals surface area contributed by atoms with Crippen molar-refractivity contribution < 1.29 is 0 Å². The molecule has 0 aliphatic heterocycles. The minimum atomic E-state index is -0.0624. The van der Waals surface area contributed by atoms with E-state index in [4.69, 9.17) is 11.6 Å². The minimum absolute atomic E-state index is 0.0624. The van der Waals surface area contributed by atoms with Crippen LogP contribution in [0.4, 0.5) is 5.69 Å². The fourth-order valence-corrected chi connectivity index (χ4v) is 3.76. The summed E-state index contributed by atoms with van der Waals surface area (Å²) in [5.41, 5.74) is 3.19. The Morgan fingerprint density at radius 2 is 2.20 bits per heavy atom. The lowest BCUT2D eigenvalue weighted by molar-refractivity contribution is 0.880.